The summed E-state index contributed by atoms with van der Waals surface area (Å²) in [6.07, 6.45) is 0. The van der Waals surface area contributed by atoms with Crippen LogP contribution in [0, 0.1) is 10.1 Å². The predicted octanol–water partition coefficient (Wildman–Crippen LogP) is 2.97. The van der Waals surface area contributed by atoms with E-state index >= 15 is 0 Å². The maximum atomic E-state index is 11.9. The number of esters is 1. The molecule has 0 fully saturated rings. The minimum Gasteiger partial charge on any atom is -0.462 e. The Morgan fingerprint density at radius 3 is 2.42 bits per heavy atom. The molecule has 0 atom stereocenters. The van der Waals surface area contributed by atoms with Crippen LogP contribution in [0.4, 0.5) is 5.69 Å². The fraction of sp³-hybridized carbons (Fsp3) is 0.417. The zero-order valence-electron chi connectivity index (χ0n) is 11.3. The number of hydrogen-bond donors (Lipinski definition) is 0. The first-order valence-electron chi connectivity index (χ1n) is 5.84. The summed E-state index contributed by atoms with van der Waals surface area (Å²) < 4.78 is 4.96. The highest BCUT2D eigenvalue weighted by atomic mass is 35.5. The zero-order chi connectivity index (χ0) is 14.8. The number of hydrogen-bond acceptors (Lipinski definition) is 4. The Labute approximate surface area is 117 Å². The summed E-state index contributed by atoms with van der Waals surface area (Å²) in [4.78, 5) is 22.6. The van der Waals surface area contributed by atoms with E-state index in [0.29, 0.717) is 5.19 Å². The molecule has 0 radical (unpaired) electrons. The lowest BCUT2D eigenvalue weighted by Crippen LogP contribution is -2.43. The van der Waals surface area contributed by atoms with Crippen LogP contribution in [0.3, 0.4) is 0 Å². The van der Waals surface area contributed by atoms with Crippen LogP contribution in [0.25, 0.3) is 0 Å². The molecule has 1 aromatic rings. The highest BCUT2D eigenvalue weighted by Crippen LogP contribution is 2.27. The number of carbonyl (C=O) groups is 1. The Bertz CT molecular complexity index is 525. The third kappa shape index (κ3) is 3.33. The normalized spacial score (nSPS) is 11.2. The highest BCUT2D eigenvalue weighted by molar-refractivity contribution is 6.90. The molecule has 0 N–H and O–H groups in total. The van der Waals surface area contributed by atoms with Gasteiger partial charge in [-0.05, 0) is 19.1 Å². The third-order valence-electron chi connectivity index (χ3n) is 2.56. The van der Waals surface area contributed by atoms with Crippen molar-refractivity contribution in [2.75, 3.05) is 6.61 Å². The predicted molar refractivity (Wildman–Crippen MR) is 77.0 cm³/mol. The monoisotopic (exact) mass is 301 g/mol. The van der Waals surface area contributed by atoms with Crippen LogP contribution in [0.15, 0.2) is 12.1 Å². The summed E-state index contributed by atoms with van der Waals surface area (Å²) >= 11 is 5.91. The van der Waals surface area contributed by atoms with Crippen LogP contribution in [0.2, 0.25) is 24.7 Å². The average molecular weight is 302 g/mol. The van der Waals surface area contributed by atoms with Gasteiger partial charge >= 0.3 is 5.97 Å². The van der Waals surface area contributed by atoms with Crippen molar-refractivity contribution in [2.45, 2.75) is 26.6 Å². The maximum Gasteiger partial charge on any atom is 0.338 e. The van der Waals surface area contributed by atoms with Gasteiger partial charge in [0.15, 0.2) is 0 Å². The molecule has 1 rings (SSSR count). The molecule has 0 aromatic heterocycles. The molecular weight excluding hydrogens is 286 g/mol. The van der Waals surface area contributed by atoms with Gasteiger partial charge < -0.3 is 4.74 Å². The lowest BCUT2D eigenvalue weighted by atomic mass is 10.2. The lowest BCUT2D eigenvalue weighted by Gasteiger charge is -2.20. The van der Waals surface area contributed by atoms with Gasteiger partial charge in [-0.3, -0.25) is 10.1 Å². The molecule has 0 saturated heterocycles. The third-order valence-corrected chi connectivity index (χ3v) is 4.87. The fourth-order valence-electron chi connectivity index (χ4n) is 1.88. The topological polar surface area (TPSA) is 69.4 Å². The van der Waals surface area contributed by atoms with Gasteiger partial charge in [0, 0.05) is 5.19 Å². The maximum absolute atomic E-state index is 11.9. The SMILES string of the molecule is CCOC(=O)c1ccc(Cl)c([N+](=O)[O-])c1[Si](C)(C)C. The zero-order valence-corrected chi connectivity index (χ0v) is 13.1. The fourth-order valence-corrected chi connectivity index (χ4v) is 4.12. The number of halogens is 1. The Morgan fingerprint density at radius 2 is 2.00 bits per heavy atom. The van der Waals surface area contributed by atoms with Crippen molar-refractivity contribution in [2.24, 2.45) is 0 Å². The first kappa shape index (κ1) is 15.7. The van der Waals surface area contributed by atoms with E-state index in [2.05, 4.69) is 0 Å². The van der Waals surface area contributed by atoms with Gasteiger partial charge in [-0.2, -0.15) is 0 Å². The Kier molecular flexibility index (Phi) is 4.70. The van der Waals surface area contributed by atoms with E-state index in [-0.39, 0.29) is 22.9 Å². The second-order valence-electron chi connectivity index (χ2n) is 5.05. The minimum absolute atomic E-state index is 0.0514. The van der Waals surface area contributed by atoms with E-state index in [1.807, 2.05) is 19.6 Å². The Hall–Kier alpha value is -1.40. The van der Waals surface area contributed by atoms with Crippen molar-refractivity contribution < 1.29 is 14.5 Å². The van der Waals surface area contributed by atoms with E-state index in [1.54, 1.807) is 6.92 Å². The van der Waals surface area contributed by atoms with Crippen molar-refractivity contribution in [1.29, 1.82) is 0 Å². The highest BCUT2D eigenvalue weighted by Gasteiger charge is 2.34. The van der Waals surface area contributed by atoms with E-state index < -0.39 is 19.0 Å². The van der Waals surface area contributed by atoms with Gasteiger partial charge in [-0.1, -0.05) is 31.2 Å². The summed E-state index contributed by atoms with van der Waals surface area (Å²) in [7, 11) is -2.14. The lowest BCUT2D eigenvalue weighted by molar-refractivity contribution is -0.383. The van der Waals surface area contributed by atoms with Crippen molar-refractivity contribution >= 4 is 36.5 Å². The van der Waals surface area contributed by atoms with Crippen LogP contribution in [-0.2, 0) is 4.74 Å². The minimum atomic E-state index is -2.14. The van der Waals surface area contributed by atoms with Gasteiger partial charge in [0.05, 0.1) is 25.2 Å². The van der Waals surface area contributed by atoms with Gasteiger partial charge in [0.25, 0.3) is 5.69 Å². The van der Waals surface area contributed by atoms with Crippen molar-refractivity contribution in [3.05, 3.63) is 32.8 Å². The summed E-state index contributed by atoms with van der Waals surface area (Å²) in [5.74, 6) is -0.542. The Balaban J connectivity index is 3.62. The molecule has 5 nitrogen and oxygen atoms in total. The van der Waals surface area contributed by atoms with Gasteiger partial charge in [-0.25, -0.2) is 4.79 Å². The molecule has 0 aliphatic rings. The summed E-state index contributed by atoms with van der Waals surface area (Å²) in [5, 5.41) is 11.7. The second kappa shape index (κ2) is 5.71. The van der Waals surface area contributed by atoms with Crippen LogP contribution in [0.5, 0.6) is 0 Å². The average Bonchev–Trinajstić information content (AvgIpc) is 2.26. The summed E-state index contributed by atoms with van der Waals surface area (Å²) in [6, 6.07) is 2.87. The number of benzene rings is 1. The molecule has 0 aliphatic heterocycles. The van der Waals surface area contributed by atoms with Crippen molar-refractivity contribution in [3.8, 4) is 0 Å². The van der Waals surface area contributed by atoms with E-state index in [4.69, 9.17) is 16.3 Å². The molecule has 0 heterocycles. The first-order chi connectivity index (χ1) is 8.70. The van der Waals surface area contributed by atoms with Crippen LogP contribution < -0.4 is 5.19 Å². The summed E-state index contributed by atoms with van der Waals surface area (Å²) in [5.41, 5.74) is 0.0727. The van der Waals surface area contributed by atoms with Crippen molar-refractivity contribution in [3.63, 3.8) is 0 Å². The molecule has 7 heteroatoms. The van der Waals surface area contributed by atoms with Crippen molar-refractivity contribution in [1.82, 2.24) is 0 Å². The standard InChI is InChI=1S/C12H16ClNO4Si/c1-5-18-12(15)8-6-7-9(13)10(14(16)17)11(8)19(2,3)4/h6-7H,5H2,1-4H3. The molecule has 0 amide bonds. The van der Waals surface area contributed by atoms with E-state index in [9.17, 15) is 14.9 Å². The molecule has 104 valence electrons. The summed E-state index contributed by atoms with van der Waals surface area (Å²) in [6.45, 7) is 7.69. The van der Waals surface area contributed by atoms with E-state index in [1.165, 1.54) is 12.1 Å². The first-order valence-corrected chi connectivity index (χ1v) is 9.72. The molecule has 0 spiro atoms. The number of carbonyl (C=O) groups excluding carboxylic acids is 1. The molecule has 1 aromatic carbocycles. The molecule has 0 unspecified atom stereocenters. The molecule has 0 aliphatic carbocycles. The number of ether oxygens (including phenoxy) is 1. The van der Waals surface area contributed by atoms with Crippen LogP contribution >= 0.6 is 11.6 Å². The molecule has 19 heavy (non-hydrogen) atoms. The van der Waals surface area contributed by atoms with E-state index in [0.717, 1.165) is 0 Å². The molecule has 0 saturated carbocycles. The van der Waals surface area contributed by atoms with Crippen LogP contribution in [-0.4, -0.2) is 25.6 Å². The van der Waals surface area contributed by atoms with Gasteiger partial charge in [0.2, 0.25) is 0 Å². The molecule has 0 bridgehead atoms. The number of rotatable bonds is 4. The second-order valence-corrected chi connectivity index (χ2v) is 10.5. The quantitative estimate of drug-likeness (QED) is 0.371. The van der Waals surface area contributed by atoms with Gasteiger partial charge in [-0.15, -0.1) is 0 Å². The number of nitro groups is 1. The number of nitro benzene ring substituents is 1. The van der Waals surface area contributed by atoms with Gasteiger partial charge in [0.1, 0.15) is 5.02 Å². The largest absolute Gasteiger partial charge is 0.462 e. The van der Waals surface area contributed by atoms with Crippen LogP contribution in [0.1, 0.15) is 17.3 Å². The Morgan fingerprint density at radius 1 is 1.42 bits per heavy atom. The molecular formula is C12H16ClNO4Si. The number of nitrogens with zero attached hydrogens (tertiary/aromatic N) is 1. The smallest absolute Gasteiger partial charge is 0.338 e.